The summed E-state index contributed by atoms with van der Waals surface area (Å²) in [6.07, 6.45) is -0.0636. The van der Waals surface area contributed by atoms with Crippen LogP contribution in [-0.2, 0) is 4.79 Å². The highest BCUT2D eigenvalue weighted by Crippen LogP contribution is 2.35. The van der Waals surface area contributed by atoms with Gasteiger partial charge in [0.2, 0.25) is 0 Å². The zero-order valence-electron chi connectivity index (χ0n) is 12.1. The second-order valence-electron chi connectivity index (χ2n) is 5.00. The topological polar surface area (TPSA) is 98.5 Å². The van der Waals surface area contributed by atoms with Gasteiger partial charge in [0, 0.05) is 18.5 Å². The fourth-order valence-electron chi connectivity index (χ4n) is 2.30. The molecule has 1 N–H and O–H groups in total. The highest BCUT2D eigenvalue weighted by molar-refractivity contribution is 5.99. The van der Waals surface area contributed by atoms with Gasteiger partial charge in [0.1, 0.15) is 5.75 Å². The van der Waals surface area contributed by atoms with Crippen molar-refractivity contribution in [1.82, 2.24) is 0 Å². The summed E-state index contributed by atoms with van der Waals surface area (Å²) in [6.45, 7) is 2.07. The number of benzene rings is 1. The largest absolute Gasteiger partial charge is 0.479 e. The van der Waals surface area contributed by atoms with E-state index in [1.165, 1.54) is 0 Å². The number of hydrogen-bond acceptors (Lipinski definition) is 4. The number of carbonyl (C=O) groups excluding carboxylic acids is 1. The molecule has 2 rings (SSSR count). The first-order chi connectivity index (χ1) is 10.0. The zero-order valence-corrected chi connectivity index (χ0v) is 12.1. The van der Waals surface area contributed by atoms with Gasteiger partial charge in [-0.2, -0.15) is 0 Å². The fourth-order valence-corrected chi connectivity index (χ4v) is 2.30. The van der Waals surface area contributed by atoms with Gasteiger partial charge in [0.25, 0.3) is 5.91 Å². The smallest absolute Gasteiger partial charge is 0.267 e. The van der Waals surface area contributed by atoms with E-state index in [9.17, 15) is 9.90 Å². The van der Waals surface area contributed by atoms with Crippen LogP contribution in [0.1, 0.15) is 31.4 Å². The van der Waals surface area contributed by atoms with Crippen LogP contribution in [0.25, 0.3) is 10.4 Å². The standard InChI is InChI=1S/C14H18N4O3/c1-9-14(20)18(2)11-8-10(5-6-13(11)21-9)12(19)4-3-7-16-17-15/h5-6,8-9,12,19H,3-4,7H2,1-2H3. The summed E-state index contributed by atoms with van der Waals surface area (Å²) in [5, 5.41) is 13.6. The molecule has 1 aliphatic rings. The second-order valence-corrected chi connectivity index (χ2v) is 5.00. The van der Waals surface area contributed by atoms with Gasteiger partial charge in [-0.3, -0.25) is 4.79 Å². The van der Waals surface area contributed by atoms with Gasteiger partial charge >= 0.3 is 0 Å². The number of rotatable bonds is 5. The molecule has 1 heterocycles. The summed E-state index contributed by atoms with van der Waals surface area (Å²) in [6, 6.07) is 5.31. The van der Waals surface area contributed by atoms with E-state index in [1.807, 2.05) is 0 Å². The van der Waals surface area contributed by atoms with E-state index in [2.05, 4.69) is 10.0 Å². The number of aliphatic hydroxyl groups is 1. The Bertz CT molecular complexity index is 584. The molecule has 2 unspecified atom stereocenters. The normalized spacial score (nSPS) is 18.5. The quantitative estimate of drug-likeness (QED) is 0.390. The summed E-state index contributed by atoms with van der Waals surface area (Å²) in [5.41, 5.74) is 9.57. The predicted molar refractivity (Wildman–Crippen MR) is 78.1 cm³/mol. The highest BCUT2D eigenvalue weighted by atomic mass is 16.5. The average Bonchev–Trinajstić information content (AvgIpc) is 2.49. The van der Waals surface area contributed by atoms with Gasteiger partial charge in [0.05, 0.1) is 11.8 Å². The Morgan fingerprint density at radius 1 is 1.57 bits per heavy atom. The number of likely N-dealkylation sites (N-methyl/N-ethyl adjacent to an activating group) is 1. The van der Waals surface area contributed by atoms with Gasteiger partial charge in [-0.1, -0.05) is 11.2 Å². The number of aliphatic hydroxyl groups excluding tert-OH is 1. The van der Waals surface area contributed by atoms with Crippen molar-refractivity contribution in [2.75, 3.05) is 18.5 Å². The Morgan fingerprint density at radius 3 is 3.05 bits per heavy atom. The van der Waals surface area contributed by atoms with E-state index in [4.69, 9.17) is 10.3 Å². The molecule has 21 heavy (non-hydrogen) atoms. The van der Waals surface area contributed by atoms with E-state index < -0.39 is 12.2 Å². The minimum absolute atomic E-state index is 0.113. The minimum Gasteiger partial charge on any atom is -0.479 e. The molecule has 1 aromatic rings. The molecule has 0 aliphatic carbocycles. The highest BCUT2D eigenvalue weighted by Gasteiger charge is 2.29. The summed E-state index contributed by atoms with van der Waals surface area (Å²) >= 11 is 0. The van der Waals surface area contributed by atoms with Crippen molar-refractivity contribution in [3.05, 3.63) is 34.2 Å². The van der Waals surface area contributed by atoms with Crippen LogP contribution in [0.4, 0.5) is 5.69 Å². The molecule has 0 aromatic heterocycles. The third kappa shape index (κ3) is 3.26. The molecular weight excluding hydrogens is 272 g/mol. The lowest BCUT2D eigenvalue weighted by Crippen LogP contribution is -2.42. The first-order valence-corrected chi connectivity index (χ1v) is 6.81. The molecule has 1 aromatic carbocycles. The molecule has 1 aliphatic heterocycles. The molecule has 1 amide bonds. The Kier molecular flexibility index (Phi) is 4.67. The van der Waals surface area contributed by atoms with E-state index in [-0.39, 0.29) is 5.91 Å². The number of amides is 1. The Labute approximate surface area is 122 Å². The lowest BCUT2D eigenvalue weighted by molar-refractivity contribution is -0.125. The molecule has 0 saturated carbocycles. The second kappa shape index (κ2) is 6.47. The van der Waals surface area contributed by atoms with Crippen LogP contribution < -0.4 is 9.64 Å². The van der Waals surface area contributed by atoms with Gasteiger partial charge < -0.3 is 14.7 Å². The molecule has 0 saturated heterocycles. The van der Waals surface area contributed by atoms with Crippen molar-refractivity contribution in [3.8, 4) is 5.75 Å². The summed E-state index contributed by atoms with van der Waals surface area (Å²) < 4.78 is 5.53. The fraction of sp³-hybridized carbons (Fsp3) is 0.500. The van der Waals surface area contributed by atoms with E-state index in [1.54, 1.807) is 37.1 Å². The van der Waals surface area contributed by atoms with Gasteiger partial charge in [-0.25, -0.2) is 0 Å². The monoisotopic (exact) mass is 290 g/mol. The van der Waals surface area contributed by atoms with E-state index >= 15 is 0 Å². The number of anilines is 1. The van der Waals surface area contributed by atoms with Crippen LogP contribution in [-0.4, -0.2) is 30.7 Å². The van der Waals surface area contributed by atoms with Crippen molar-refractivity contribution >= 4 is 11.6 Å². The first kappa shape index (κ1) is 15.2. The van der Waals surface area contributed by atoms with Crippen LogP contribution in [0.5, 0.6) is 5.75 Å². The van der Waals surface area contributed by atoms with Crippen LogP contribution in [0.3, 0.4) is 0 Å². The molecule has 112 valence electrons. The number of azide groups is 1. The number of hydrogen-bond donors (Lipinski definition) is 1. The summed E-state index contributed by atoms with van der Waals surface area (Å²) in [7, 11) is 1.69. The average molecular weight is 290 g/mol. The third-order valence-corrected chi connectivity index (χ3v) is 3.51. The lowest BCUT2D eigenvalue weighted by atomic mass is 10.0. The zero-order chi connectivity index (χ0) is 15.4. The molecule has 0 spiro atoms. The number of nitrogens with zero attached hydrogens (tertiary/aromatic N) is 4. The number of ether oxygens (including phenoxy) is 1. The van der Waals surface area contributed by atoms with Crippen LogP contribution in [0.15, 0.2) is 23.3 Å². The molecule has 0 bridgehead atoms. The Hall–Kier alpha value is -2.24. The lowest BCUT2D eigenvalue weighted by Gasteiger charge is -2.31. The van der Waals surface area contributed by atoms with Crippen molar-refractivity contribution in [2.24, 2.45) is 5.11 Å². The first-order valence-electron chi connectivity index (χ1n) is 6.81. The van der Waals surface area contributed by atoms with E-state index in [0.29, 0.717) is 36.4 Å². The van der Waals surface area contributed by atoms with Crippen molar-refractivity contribution < 1.29 is 14.6 Å². The molecule has 2 atom stereocenters. The molecule has 0 fully saturated rings. The van der Waals surface area contributed by atoms with Crippen LogP contribution >= 0.6 is 0 Å². The van der Waals surface area contributed by atoms with Crippen molar-refractivity contribution in [1.29, 1.82) is 0 Å². The minimum atomic E-state index is -0.660. The van der Waals surface area contributed by atoms with Crippen molar-refractivity contribution in [3.63, 3.8) is 0 Å². The van der Waals surface area contributed by atoms with Crippen LogP contribution in [0, 0.1) is 0 Å². The maximum Gasteiger partial charge on any atom is 0.267 e. The van der Waals surface area contributed by atoms with Gasteiger partial charge in [0.15, 0.2) is 6.10 Å². The molecule has 0 radical (unpaired) electrons. The van der Waals surface area contributed by atoms with Gasteiger partial charge in [-0.15, -0.1) is 0 Å². The molecule has 7 heteroatoms. The SMILES string of the molecule is CC1Oc2ccc(C(O)CCCN=[N+]=[N-])cc2N(C)C1=O. The van der Waals surface area contributed by atoms with Crippen LogP contribution in [0.2, 0.25) is 0 Å². The Balaban J connectivity index is 2.13. The predicted octanol–water partition coefficient (Wildman–Crippen LogP) is 2.55. The molecular formula is C14H18N4O3. The Morgan fingerprint density at radius 2 is 2.33 bits per heavy atom. The summed E-state index contributed by atoms with van der Waals surface area (Å²) in [4.78, 5) is 16.1. The van der Waals surface area contributed by atoms with Gasteiger partial charge in [-0.05, 0) is 43.0 Å². The third-order valence-electron chi connectivity index (χ3n) is 3.51. The number of carbonyl (C=O) groups is 1. The maximum atomic E-state index is 11.9. The maximum absolute atomic E-state index is 11.9. The van der Waals surface area contributed by atoms with Crippen molar-refractivity contribution in [2.45, 2.75) is 32.0 Å². The van der Waals surface area contributed by atoms with E-state index in [0.717, 1.165) is 0 Å². The summed E-state index contributed by atoms with van der Waals surface area (Å²) in [5.74, 6) is 0.520. The molecule has 7 nitrogen and oxygen atoms in total. The number of fused-ring (bicyclic) bond motifs is 1.